The minimum absolute atomic E-state index is 0.121. The molecule has 2 aliphatic heterocycles. The number of carbonyl (C=O) groups is 2. The van der Waals surface area contributed by atoms with Crippen molar-refractivity contribution in [3.63, 3.8) is 0 Å². The highest BCUT2D eigenvalue weighted by Gasteiger charge is 2.29. The normalized spacial score (nSPS) is 18.2. The lowest BCUT2D eigenvalue weighted by molar-refractivity contribution is -0.385. The number of para-hydroxylation sites is 1. The number of aryl methyl sites for hydroxylation is 1. The van der Waals surface area contributed by atoms with Crippen LogP contribution in [0.1, 0.15) is 28.8 Å². The second-order valence-corrected chi connectivity index (χ2v) is 6.88. The third-order valence-corrected chi connectivity index (χ3v) is 5.13. The van der Waals surface area contributed by atoms with Gasteiger partial charge in [0.2, 0.25) is 5.91 Å². The Morgan fingerprint density at radius 2 is 1.69 bits per heavy atom. The van der Waals surface area contributed by atoms with E-state index in [2.05, 4.69) is 4.90 Å². The molecular weight excluding hydrogens is 336 g/mol. The highest BCUT2D eigenvalue weighted by molar-refractivity contribution is 5.98. The molecule has 0 radical (unpaired) electrons. The van der Waals surface area contributed by atoms with Crippen molar-refractivity contribution in [3.05, 3.63) is 39.4 Å². The number of benzene rings is 1. The van der Waals surface area contributed by atoms with Gasteiger partial charge in [-0.25, -0.2) is 0 Å². The lowest BCUT2D eigenvalue weighted by Crippen LogP contribution is -2.51. The Balaban J connectivity index is 1.60. The van der Waals surface area contributed by atoms with Gasteiger partial charge in [0, 0.05) is 44.8 Å². The summed E-state index contributed by atoms with van der Waals surface area (Å²) in [6, 6.07) is 4.81. The maximum Gasteiger partial charge on any atom is 0.285 e. The van der Waals surface area contributed by atoms with Gasteiger partial charge in [0.05, 0.1) is 11.5 Å². The Bertz CT molecular complexity index is 707. The van der Waals surface area contributed by atoms with Crippen molar-refractivity contribution in [2.24, 2.45) is 0 Å². The number of likely N-dealkylation sites (tertiary alicyclic amines) is 1. The predicted octanol–water partition coefficient (Wildman–Crippen LogP) is 1.28. The maximum absolute atomic E-state index is 12.7. The molecule has 2 fully saturated rings. The molecule has 0 atom stereocenters. The lowest BCUT2D eigenvalue weighted by Gasteiger charge is -2.35. The number of rotatable bonds is 4. The third kappa shape index (κ3) is 3.85. The van der Waals surface area contributed by atoms with E-state index >= 15 is 0 Å². The van der Waals surface area contributed by atoms with E-state index in [1.165, 1.54) is 6.07 Å². The standard InChI is InChI=1S/C18H24N4O4/c1-14-5-4-6-15(17(14)22(25)26)18(24)21-11-9-19(10-12-21)13-16(23)20-7-2-3-8-20/h4-6H,2-3,7-13H2,1H3. The summed E-state index contributed by atoms with van der Waals surface area (Å²) in [5.41, 5.74) is 0.497. The number of hydrogen-bond donors (Lipinski definition) is 0. The van der Waals surface area contributed by atoms with Gasteiger partial charge in [0.25, 0.3) is 11.6 Å². The Morgan fingerprint density at radius 1 is 1.04 bits per heavy atom. The molecule has 140 valence electrons. The molecule has 0 bridgehead atoms. The minimum Gasteiger partial charge on any atom is -0.342 e. The van der Waals surface area contributed by atoms with Gasteiger partial charge in [-0.2, -0.15) is 0 Å². The molecule has 0 unspecified atom stereocenters. The van der Waals surface area contributed by atoms with E-state index in [9.17, 15) is 19.7 Å². The van der Waals surface area contributed by atoms with Crippen molar-refractivity contribution in [3.8, 4) is 0 Å². The van der Waals surface area contributed by atoms with Crippen LogP contribution >= 0.6 is 0 Å². The quantitative estimate of drug-likeness (QED) is 0.596. The number of amides is 2. The Labute approximate surface area is 152 Å². The Kier molecular flexibility index (Phi) is 5.51. The van der Waals surface area contributed by atoms with Crippen LogP contribution < -0.4 is 0 Å². The first-order chi connectivity index (χ1) is 12.5. The molecule has 2 aliphatic rings. The molecule has 8 nitrogen and oxygen atoms in total. The van der Waals surface area contributed by atoms with Crippen LogP contribution in [0.5, 0.6) is 0 Å². The summed E-state index contributed by atoms with van der Waals surface area (Å²) in [6.07, 6.45) is 2.15. The third-order valence-electron chi connectivity index (χ3n) is 5.13. The monoisotopic (exact) mass is 360 g/mol. The fourth-order valence-electron chi connectivity index (χ4n) is 3.61. The first kappa shape index (κ1) is 18.3. The zero-order valence-corrected chi connectivity index (χ0v) is 15.0. The first-order valence-corrected chi connectivity index (χ1v) is 9.01. The molecule has 2 amide bonds. The van der Waals surface area contributed by atoms with Crippen molar-refractivity contribution in [1.82, 2.24) is 14.7 Å². The number of carbonyl (C=O) groups excluding carboxylic acids is 2. The highest BCUT2D eigenvalue weighted by atomic mass is 16.6. The highest BCUT2D eigenvalue weighted by Crippen LogP contribution is 2.24. The molecule has 0 spiro atoms. The zero-order valence-electron chi connectivity index (χ0n) is 15.0. The smallest absolute Gasteiger partial charge is 0.285 e. The number of piperazine rings is 1. The van der Waals surface area contributed by atoms with Crippen molar-refractivity contribution in [2.75, 3.05) is 45.8 Å². The summed E-state index contributed by atoms with van der Waals surface area (Å²) in [5.74, 6) is -0.164. The van der Waals surface area contributed by atoms with Gasteiger partial charge in [-0.3, -0.25) is 24.6 Å². The average molecular weight is 360 g/mol. The minimum atomic E-state index is -0.493. The van der Waals surface area contributed by atoms with Crippen LogP contribution in [0, 0.1) is 17.0 Å². The molecule has 0 saturated carbocycles. The Hall–Kier alpha value is -2.48. The SMILES string of the molecule is Cc1cccc(C(=O)N2CCN(CC(=O)N3CCCC3)CC2)c1[N+](=O)[O-]. The van der Waals surface area contributed by atoms with Crippen LogP contribution in [-0.2, 0) is 4.79 Å². The molecule has 2 saturated heterocycles. The number of hydrogen-bond acceptors (Lipinski definition) is 5. The van der Waals surface area contributed by atoms with Gasteiger partial charge in [0.1, 0.15) is 5.56 Å². The fourth-order valence-corrected chi connectivity index (χ4v) is 3.61. The number of nitrogens with zero attached hydrogens (tertiary/aromatic N) is 4. The molecule has 0 aromatic heterocycles. The van der Waals surface area contributed by atoms with E-state index in [4.69, 9.17) is 0 Å². The first-order valence-electron chi connectivity index (χ1n) is 9.01. The van der Waals surface area contributed by atoms with E-state index in [1.54, 1.807) is 24.0 Å². The molecule has 0 N–H and O–H groups in total. The Morgan fingerprint density at radius 3 is 2.31 bits per heavy atom. The van der Waals surface area contributed by atoms with Crippen LogP contribution in [0.15, 0.2) is 18.2 Å². The van der Waals surface area contributed by atoms with Crippen molar-refractivity contribution in [2.45, 2.75) is 19.8 Å². The van der Waals surface area contributed by atoms with Gasteiger partial charge in [-0.1, -0.05) is 12.1 Å². The van der Waals surface area contributed by atoms with Crippen LogP contribution in [0.2, 0.25) is 0 Å². The largest absolute Gasteiger partial charge is 0.342 e. The van der Waals surface area contributed by atoms with E-state index in [0.717, 1.165) is 25.9 Å². The second kappa shape index (κ2) is 7.82. The molecule has 1 aromatic carbocycles. The molecule has 3 rings (SSSR count). The van der Waals surface area contributed by atoms with Gasteiger partial charge >= 0.3 is 0 Å². The lowest BCUT2D eigenvalue weighted by atomic mass is 10.1. The molecule has 1 aromatic rings. The summed E-state index contributed by atoms with van der Waals surface area (Å²) in [7, 11) is 0. The van der Waals surface area contributed by atoms with Crippen LogP contribution in [-0.4, -0.2) is 77.3 Å². The molecule has 2 heterocycles. The zero-order chi connectivity index (χ0) is 18.7. The van der Waals surface area contributed by atoms with E-state index in [0.29, 0.717) is 38.3 Å². The van der Waals surface area contributed by atoms with Gasteiger partial charge in [0.15, 0.2) is 0 Å². The van der Waals surface area contributed by atoms with Gasteiger partial charge in [-0.05, 0) is 25.8 Å². The van der Waals surface area contributed by atoms with Gasteiger partial charge < -0.3 is 9.80 Å². The van der Waals surface area contributed by atoms with E-state index in [-0.39, 0.29) is 23.1 Å². The van der Waals surface area contributed by atoms with Crippen LogP contribution in [0.25, 0.3) is 0 Å². The summed E-state index contributed by atoms with van der Waals surface area (Å²) >= 11 is 0. The molecular formula is C18H24N4O4. The predicted molar refractivity (Wildman–Crippen MR) is 96.0 cm³/mol. The second-order valence-electron chi connectivity index (χ2n) is 6.88. The molecule has 0 aliphatic carbocycles. The summed E-state index contributed by atoms with van der Waals surface area (Å²) in [6.45, 7) is 5.84. The van der Waals surface area contributed by atoms with Crippen molar-refractivity contribution in [1.29, 1.82) is 0 Å². The summed E-state index contributed by atoms with van der Waals surface area (Å²) in [5, 5.41) is 11.3. The number of nitro benzene ring substituents is 1. The molecule has 26 heavy (non-hydrogen) atoms. The maximum atomic E-state index is 12.7. The van der Waals surface area contributed by atoms with Crippen molar-refractivity contribution >= 4 is 17.5 Å². The summed E-state index contributed by atoms with van der Waals surface area (Å²) < 4.78 is 0. The van der Waals surface area contributed by atoms with Gasteiger partial charge in [-0.15, -0.1) is 0 Å². The fraction of sp³-hybridized carbons (Fsp3) is 0.556. The topological polar surface area (TPSA) is 87.0 Å². The van der Waals surface area contributed by atoms with E-state index < -0.39 is 4.92 Å². The number of nitro groups is 1. The van der Waals surface area contributed by atoms with E-state index in [1.807, 2.05) is 4.90 Å². The van der Waals surface area contributed by atoms with Crippen molar-refractivity contribution < 1.29 is 14.5 Å². The van der Waals surface area contributed by atoms with Crippen LogP contribution in [0.4, 0.5) is 5.69 Å². The van der Waals surface area contributed by atoms with Crippen LogP contribution in [0.3, 0.4) is 0 Å². The molecule has 8 heteroatoms. The summed E-state index contributed by atoms with van der Waals surface area (Å²) in [4.78, 5) is 41.4. The average Bonchev–Trinajstić information content (AvgIpc) is 3.16.